The molecule has 1 saturated heterocycles. The fraction of sp³-hybridized carbons (Fsp3) is 0.581. The molecule has 3 N–H and O–H groups in total. The third-order valence-corrected chi connectivity index (χ3v) is 8.04. The SMILES string of the molecule is CC(C)(C)Cc1cnc2c(c1)[C@@H](NC[C@@H](O)[C@H](Cc1ccccc1)NC(=O)[C@H]1CCC(=O)O1)CC1(CCC1)O2. The number of pyridine rings is 1. The lowest BCUT2D eigenvalue weighted by molar-refractivity contribution is -0.148. The van der Waals surface area contributed by atoms with Crippen molar-refractivity contribution >= 4 is 11.9 Å². The molecule has 2 aliphatic heterocycles. The summed E-state index contributed by atoms with van der Waals surface area (Å²) in [6, 6.07) is 11.4. The van der Waals surface area contributed by atoms with Gasteiger partial charge in [-0.2, -0.15) is 0 Å². The summed E-state index contributed by atoms with van der Waals surface area (Å²) >= 11 is 0. The van der Waals surface area contributed by atoms with Crippen molar-refractivity contribution in [2.24, 2.45) is 5.41 Å². The highest BCUT2D eigenvalue weighted by molar-refractivity contribution is 5.86. The van der Waals surface area contributed by atoms with Crippen molar-refractivity contribution in [2.75, 3.05) is 6.54 Å². The topological polar surface area (TPSA) is 110 Å². The van der Waals surface area contributed by atoms with Crippen molar-refractivity contribution in [2.45, 2.75) is 102 Å². The van der Waals surface area contributed by atoms with Gasteiger partial charge in [0.15, 0.2) is 6.10 Å². The minimum atomic E-state index is -0.861. The van der Waals surface area contributed by atoms with Crippen LogP contribution in [0, 0.1) is 5.41 Å². The Morgan fingerprint density at radius 2 is 1.97 bits per heavy atom. The van der Waals surface area contributed by atoms with Crippen LogP contribution in [0.15, 0.2) is 42.6 Å². The fourth-order valence-corrected chi connectivity index (χ4v) is 5.89. The van der Waals surface area contributed by atoms with Gasteiger partial charge in [-0.25, -0.2) is 4.98 Å². The molecule has 0 unspecified atom stereocenters. The zero-order valence-electron chi connectivity index (χ0n) is 23.2. The molecule has 1 spiro atoms. The van der Waals surface area contributed by atoms with Gasteiger partial charge in [0.05, 0.1) is 12.1 Å². The quantitative estimate of drug-likeness (QED) is 0.419. The Morgan fingerprint density at radius 3 is 2.62 bits per heavy atom. The lowest BCUT2D eigenvalue weighted by Crippen LogP contribution is -2.53. The Labute approximate surface area is 230 Å². The number of aromatic nitrogens is 1. The van der Waals surface area contributed by atoms with E-state index < -0.39 is 18.2 Å². The molecule has 4 atom stereocenters. The summed E-state index contributed by atoms with van der Waals surface area (Å²) in [7, 11) is 0. The molecule has 1 amide bonds. The number of ether oxygens (including phenoxy) is 2. The van der Waals surface area contributed by atoms with E-state index in [1.54, 1.807) is 0 Å². The van der Waals surface area contributed by atoms with Crippen molar-refractivity contribution in [1.29, 1.82) is 0 Å². The number of rotatable bonds is 9. The average molecular weight is 536 g/mol. The van der Waals surface area contributed by atoms with E-state index in [2.05, 4.69) is 37.5 Å². The van der Waals surface area contributed by atoms with Gasteiger partial charge in [-0.15, -0.1) is 0 Å². The van der Waals surface area contributed by atoms with E-state index in [1.165, 1.54) is 5.56 Å². The number of esters is 1. The highest BCUT2D eigenvalue weighted by atomic mass is 16.6. The van der Waals surface area contributed by atoms with Crippen LogP contribution in [0.3, 0.4) is 0 Å². The van der Waals surface area contributed by atoms with Crippen LogP contribution in [-0.4, -0.2) is 52.4 Å². The molecule has 8 heteroatoms. The summed E-state index contributed by atoms with van der Waals surface area (Å²) in [6.07, 6.45) is 6.21. The smallest absolute Gasteiger partial charge is 0.306 e. The first-order valence-corrected chi connectivity index (χ1v) is 14.2. The van der Waals surface area contributed by atoms with Gasteiger partial charge in [-0.05, 0) is 54.7 Å². The van der Waals surface area contributed by atoms with Crippen molar-refractivity contribution in [3.05, 3.63) is 59.3 Å². The number of cyclic esters (lactones) is 1. The van der Waals surface area contributed by atoms with Crippen LogP contribution in [0.5, 0.6) is 5.88 Å². The molecule has 1 aliphatic carbocycles. The molecule has 3 heterocycles. The predicted molar refractivity (Wildman–Crippen MR) is 147 cm³/mol. The summed E-state index contributed by atoms with van der Waals surface area (Å²) in [4.78, 5) is 29.2. The molecular formula is C31H41N3O5. The van der Waals surface area contributed by atoms with E-state index in [4.69, 9.17) is 14.5 Å². The number of hydrogen-bond donors (Lipinski definition) is 3. The molecule has 39 heavy (non-hydrogen) atoms. The van der Waals surface area contributed by atoms with E-state index in [1.807, 2.05) is 36.5 Å². The van der Waals surface area contributed by atoms with Crippen molar-refractivity contribution < 1.29 is 24.2 Å². The van der Waals surface area contributed by atoms with E-state index in [0.29, 0.717) is 18.7 Å². The summed E-state index contributed by atoms with van der Waals surface area (Å²) in [5.74, 6) is -0.0380. The maximum absolute atomic E-state index is 12.9. The predicted octanol–water partition coefficient (Wildman–Crippen LogP) is 3.80. The Hall–Kier alpha value is -2.97. The van der Waals surface area contributed by atoms with Crippen LogP contribution in [0.25, 0.3) is 0 Å². The second-order valence-corrected chi connectivity index (χ2v) is 12.7. The number of amides is 1. The fourth-order valence-electron chi connectivity index (χ4n) is 5.89. The Bertz CT molecular complexity index is 1170. The summed E-state index contributed by atoms with van der Waals surface area (Å²) in [5, 5.41) is 17.9. The number of aliphatic hydroxyl groups excluding tert-OH is 1. The summed E-state index contributed by atoms with van der Waals surface area (Å²) < 4.78 is 11.6. The van der Waals surface area contributed by atoms with Crippen molar-refractivity contribution in [3.8, 4) is 5.88 Å². The van der Waals surface area contributed by atoms with Gasteiger partial charge in [0.2, 0.25) is 5.88 Å². The maximum Gasteiger partial charge on any atom is 0.306 e. The molecule has 0 bridgehead atoms. The zero-order valence-corrected chi connectivity index (χ0v) is 23.2. The van der Waals surface area contributed by atoms with Gasteiger partial charge in [-0.3, -0.25) is 9.59 Å². The number of carbonyl (C=O) groups is 2. The molecule has 2 aromatic rings. The molecular weight excluding hydrogens is 494 g/mol. The Balaban J connectivity index is 1.31. The number of nitrogens with zero attached hydrogens (tertiary/aromatic N) is 1. The monoisotopic (exact) mass is 535 g/mol. The lowest BCUT2D eigenvalue weighted by atomic mass is 9.73. The highest BCUT2D eigenvalue weighted by Gasteiger charge is 2.46. The number of hydrogen-bond acceptors (Lipinski definition) is 7. The zero-order chi connectivity index (χ0) is 27.6. The van der Waals surface area contributed by atoms with Crippen LogP contribution in [0.2, 0.25) is 0 Å². The van der Waals surface area contributed by atoms with E-state index in [0.717, 1.165) is 43.2 Å². The summed E-state index contributed by atoms with van der Waals surface area (Å²) in [6.45, 7) is 6.93. The Kier molecular flexibility index (Phi) is 7.96. The van der Waals surface area contributed by atoms with Gasteiger partial charge in [-0.1, -0.05) is 51.1 Å². The Morgan fingerprint density at radius 1 is 1.21 bits per heavy atom. The molecule has 1 aromatic carbocycles. The van der Waals surface area contributed by atoms with E-state index in [9.17, 15) is 14.7 Å². The average Bonchev–Trinajstić information content (AvgIpc) is 3.31. The minimum absolute atomic E-state index is 0.0139. The van der Waals surface area contributed by atoms with Gasteiger partial charge in [0, 0.05) is 43.6 Å². The molecule has 0 radical (unpaired) electrons. The van der Waals surface area contributed by atoms with Crippen LogP contribution in [0.1, 0.15) is 82.0 Å². The molecule has 8 nitrogen and oxygen atoms in total. The first-order valence-electron chi connectivity index (χ1n) is 14.2. The molecule has 5 rings (SSSR count). The number of benzene rings is 1. The number of nitrogens with one attached hydrogen (secondary N) is 2. The van der Waals surface area contributed by atoms with Crippen LogP contribution < -0.4 is 15.4 Å². The first-order chi connectivity index (χ1) is 18.6. The molecule has 1 saturated carbocycles. The van der Waals surface area contributed by atoms with Gasteiger partial charge in [0.25, 0.3) is 5.91 Å². The molecule has 1 aromatic heterocycles. The highest BCUT2D eigenvalue weighted by Crippen LogP contribution is 2.48. The van der Waals surface area contributed by atoms with E-state index >= 15 is 0 Å². The normalized spacial score (nSPS) is 23.2. The van der Waals surface area contributed by atoms with Gasteiger partial charge < -0.3 is 25.2 Å². The van der Waals surface area contributed by atoms with Crippen molar-refractivity contribution in [3.63, 3.8) is 0 Å². The molecule has 2 fully saturated rings. The largest absolute Gasteiger partial charge is 0.471 e. The molecule has 210 valence electrons. The number of carbonyl (C=O) groups excluding carboxylic acids is 2. The third kappa shape index (κ3) is 6.79. The first kappa shape index (κ1) is 27.6. The standard InChI is InChI=1S/C31H41N3O5/c1-30(2,3)16-21-14-22-24(17-31(12-7-13-31)39-29(22)33-18-21)32-19-25(35)23(15-20-8-5-4-6-9-20)34-28(37)26-10-11-27(36)38-26/h4-6,8-9,14,18,23-26,32,35H,7,10-13,15-17,19H2,1-3H3,(H,34,37)/t23-,24-,25+,26+/m0/s1. The third-order valence-electron chi connectivity index (χ3n) is 8.04. The minimum Gasteiger partial charge on any atom is -0.471 e. The summed E-state index contributed by atoms with van der Waals surface area (Å²) in [5.41, 5.74) is 3.14. The molecule has 3 aliphatic rings. The van der Waals surface area contributed by atoms with Crippen LogP contribution in [-0.2, 0) is 27.2 Å². The van der Waals surface area contributed by atoms with E-state index in [-0.39, 0.29) is 41.9 Å². The second-order valence-electron chi connectivity index (χ2n) is 12.7. The number of fused-ring (bicyclic) bond motifs is 1. The van der Waals surface area contributed by atoms with Crippen LogP contribution in [0.4, 0.5) is 0 Å². The lowest BCUT2D eigenvalue weighted by Gasteiger charge is -2.47. The number of aliphatic hydroxyl groups is 1. The van der Waals surface area contributed by atoms with Crippen molar-refractivity contribution in [1.82, 2.24) is 15.6 Å². The van der Waals surface area contributed by atoms with Gasteiger partial charge in [0.1, 0.15) is 5.60 Å². The van der Waals surface area contributed by atoms with Crippen LogP contribution >= 0.6 is 0 Å². The maximum atomic E-state index is 12.9. The van der Waals surface area contributed by atoms with Gasteiger partial charge >= 0.3 is 5.97 Å². The second kappa shape index (κ2) is 11.3.